The third kappa shape index (κ3) is 2.05. The predicted octanol–water partition coefficient (Wildman–Crippen LogP) is 4.31. The maximum Gasteiger partial charge on any atom is 0.230 e. The molecule has 0 unspecified atom stereocenters. The maximum atomic E-state index is 12.4. The highest BCUT2D eigenvalue weighted by atomic mass is 35.5. The molecule has 0 saturated heterocycles. The summed E-state index contributed by atoms with van der Waals surface area (Å²) in [5, 5.41) is 1.67. The normalized spacial score (nSPS) is 11.1. The molecule has 0 bridgehead atoms. The Morgan fingerprint density at radius 1 is 1.21 bits per heavy atom. The van der Waals surface area contributed by atoms with E-state index in [9.17, 15) is 4.79 Å². The van der Waals surface area contributed by atoms with Gasteiger partial charge >= 0.3 is 0 Å². The molecule has 5 heteroatoms. The lowest BCUT2D eigenvalue weighted by molar-refractivity contribution is 0.101. The Morgan fingerprint density at radius 2 is 2.00 bits per heavy atom. The first-order valence-electron chi connectivity index (χ1n) is 5.61. The predicted molar refractivity (Wildman–Crippen MR) is 75.1 cm³/mol. The zero-order chi connectivity index (χ0) is 13.6. The van der Waals surface area contributed by atoms with Crippen molar-refractivity contribution < 1.29 is 9.21 Å². The van der Waals surface area contributed by atoms with E-state index in [-0.39, 0.29) is 16.8 Å². The summed E-state index contributed by atoms with van der Waals surface area (Å²) in [6.07, 6.45) is 1.76. The highest BCUT2D eigenvalue weighted by molar-refractivity contribution is 6.31. The Labute approximate surface area is 119 Å². The summed E-state index contributed by atoms with van der Waals surface area (Å²) in [6, 6.07) is 8.53. The average Bonchev–Trinajstić information content (AvgIpc) is 2.94. The van der Waals surface area contributed by atoms with Crippen LogP contribution in [0, 0.1) is 0 Å². The molecular weight excluding hydrogens is 285 g/mol. The molecule has 2 heterocycles. The van der Waals surface area contributed by atoms with Crippen LogP contribution in [-0.4, -0.2) is 10.4 Å². The number of carbonyl (C=O) groups excluding carboxylic acids is 1. The number of furan rings is 1. The molecule has 3 nitrogen and oxygen atoms in total. The van der Waals surface area contributed by atoms with Gasteiger partial charge in [0.15, 0.2) is 11.0 Å². The molecule has 3 rings (SSSR count). The van der Waals surface area contributed by atoms with Crippen molar-refractivity contribution in [3.63, 3.8) is 0 Å². The second kappa shape index (κ2) is 4.44. The van der Waals surface area contributed by atoms with Crippen molar-refractivity contribution in [2.45, 2.75) is 0 Å². The lowest BCUT2D eigenvalue weighted by Gasteiger charge is -1.97. The number of fused-ring (bicyclic) bond motifs is 1. The third-order valence-electron chi connectivity index (χ3n) is 2.99. The van der Waals surface area contributed by atoms with Crippen molar-refractivity contribution in [1.29, 1.82) is 0 Å². The van der Waals surface area contributed by atoms with Crippen LogP contribution >= 0.6 is 23.2 Å². The average molecular weight is 294 g/mol. The first-order chi connectivity index (χ1) is 9.06. The van der Waals surface area contributed by atoms with Gasteiger partial charge in [0.25, 0.3) is 0 Å². The van der Waals surface area contributed by atoms with Gasteiger partial charge in [0, 0.05) is 29.2 Å². The molecular formula is C14H9Cl2NO2. The number of nitrogens with zero attached hydrogens (tertiary/aromatic N) is 1. The van der Waals surface area contributed by atoms with Crippen LogP contribution in [0.15, 0.2) is 40.9 Å². The number of aromatic nitrogens is 1. The quantitative estimate of drug-likeness (QED) is 0.660. The van der Waals surface area contributed by atoms with E-state index in [4.69, 9.17) is 27.6 Å². The Kier molecular flexibility index (Phi) is 2.88. The zero-order valence-electron chi connectivity index (χ0n) is 9.98. The summed E-state index contributed by atoms with van der Waals surface area (Å²) in [4.78, 5) is 12.4. The first kappa shape index (κ1) is 12.3. The van der Waals surface area contributed by atoms with Crippen LogP contribution in [0.5, 0.6) is 0 Å². The van der Waals surface area contributed by atoms with Crippen molar-refractivity contribution in [2.24, 2.45) is 7.05 Å². The molecule has 0 saturated carbocycles. The summed E-state index contributed by atoms with van der Waals surface area (Å²) < 4.78 is 7.02. The molecule has 0 N–H and O–H groups in total. The summed E-state index contributed by atoms with van der Waals surface area (Å²) >= 11 is 11.7. The van der Waals surface area contributed by atoms with Crippen LogP contribution in [0.25, 0.3) is 10.9 Å². The minimum absolute atomic E-state index is 0.195. The van der Waals surface area contributed by atoms with Gasteiger partial charge in [-0.25, -0.2) is 0 Å². The van der Waals surface area contributed by atoms with Crippen molar-refractivity contribution in [2.75, 3.05) is 0 Å². The molecule has 96 valence electrons. The SMILES string of the molecule is Cn1cc(C(=O)c2ccc(Cl)o2)c2ccc(Cl)cc21. The highest BCUT2D eigenvalue weighted by Crippen LogP contribution is 2.27. The first-order valence-corrected chi connectivity index (χ1v) is 6.36. The van der Waals surface area contributed by atoms with Gasteiger partial charge in [0.1, 0.15) is 0 Å². The summed E-state index contributed by atoms with van der Waals surface area (Å²) in [5.74, 6) is 0.0345. The van der Waals surface area contributed by atoms with Gasteiger partial charge in [0.2, 0.25) is 5.78 Å². The maximum absolute atomic E-state index is 12.4. The van der Waals surface area contributed by atoms with Gasteiger partial charge in [-0.3, -0.25) is 4.79 Å². The van der Waals surface area contributed by atoms with Crippen LogP contribution in [0.4, 0.5) is 0 Å². The van der Waals surface area contributed by atoms with Gasteiger partial charge in [-0.1, -0.05) is 17.7 Å². The molecule has 0 fully saturated rings. The van der Waals surface area contributed by atoms with E-state index in [1.54, 1.807) is 24.4 Å². The highest BCUT2D eigenvalue weighted by Gasteiger charge is 2.18. The molecule has 0 atom stereocenters. The molecule has 0 radical (unpaired) electrons. The van der Waals surface area contributed by atoms with E-state index in [2.05, 4.69) is 0 Å². The molecule has 0 spiro atoms. The van der Waals surface area contributed by atoms with Gasteiger partial charge < -0.3 is 8.98 Å². The lowest BCUT2D eigenvalue weighted by Crippen LogP contribution is -1.98. The fourth-order valence-electron chi connectivity index (χ4n) is 2.11. The molecule has 0 amide bonds. The summed E-state index contributed by atoms with van der Waals surface area (Å²) in [7, 11) is 1.87. The number of aryl methyl sites for hydroxylation is 1. The van der Waals surface area contributed by atoms with E-state index in [0.29, 0.717) is 10.6 Å². The minimum atomic E-state index is -0.195. The summed E-state index contributed by atoms with van der Waals surface area (Å²) in [6.45, 7) is 0. The van der Waals surface area contributed by atoms with Crippen LogP contribution in [0.3, 0.4) is 0 Å². The monoisotopic (exact) mass is 293 g/mol. The number of rotatable bonds is 2. The molecule has 0 aliphatic rings. The number of halogens is 2. The van der Waals surface area contributed by atoms with Crippen LogP contribution in [0.1, 0.15) is 16.1 Å². The molecule has 1 aromatic carbocycles. The van der Waals surface area contributed by atoms with E-state index in [0.717, 1.165) is 10.9 Å². The number of hydrogen-bond acceptors (Lipinski definition) is 2. The third-order valence-corrected chi connectivity index (χ3v) is 3.43. The lowest BCUT2D eigenvalue weighted by atomic mass is 10.1. The molecule has 0 aliphatic heterocycles. The number of carbonyl (C=O) groups is 1. The Morgan fingerprint density at radius 3 is 2.68 bits per heavy atom. The standard InChI is InChI=1S/C14H9Cl2NO2/c1-17-7-10(9-3-2-8(15)6-11(9)17)14(18)12-4-5-13(16)19-12/h2-7H,1H3. The molecule has 2 aromatic heterocycles. The second-order valence-electron chi connectivity index (χ2n) is 4.25. The topological polar surface area (TPSA) is 35.1 Å². The number of benzene rings is 1. The summed E-state index contributed by atoms with van der Waals surface area (Å²) in [5.41, 5.74) is 1.47. The fourth-order valence-corrected chi connectivity index (χ4v) is 2.42. The Balaban J connectivity index is 2.18. The van der Waals surface area contributed by atoms with Crippen molar-refractivity contribution in [1.82, 2.24) is 4.57 Å². The largest absolute Gasteiger partial charge is 0.441 e. The second-order valence-corrected chi connectivity index (χ2v) is 5.06. The zero-order valence-corrected chi connectivity index (χ0v) is 11.5. The van der Waals surface area contributed by atoms with E-state index in [1.165, 1.54) is 0 Å². The van der Waals surface area contributed by atoms with Crippen LogP contribution in [0.2, 0.25) is 10.2 Å². The van der Waals surface area contributed by atoms with Gasteiger partial charge in [-0.15, -0.1) is 0 Å². The minimum Gasteiger partial charge on any atom is -0.441 e. The van der Waals surface area contributed by atoms with Crippen LogP contribution < -0.4 is 0 Å². The van der Waals surface area contributed by atoms with Gasteiger partial charge in [-0.2, -0.15) is 0 Å². The van der Waals surface area contributed by atoms with E-state index >= 15 is 0 Å². The van der Waals surface area contributed by atoms with Crippen molar-refractivity contribution in [3.8, 4) is 0 Å². The van der Waals surface area contributed by atoms with Crippen molar-refractivity contribution >= 4 is 39.9 Å². The van der Waals surface area contributed by atoms with E-state index in [1.807, 2.05) is 23.7 Å². The molecule has 0 aliphatic carbocycles. The Bertz CT molecular complexity index is 786. The Hall–Kier alpha value is -1.71. The van der Waals surface area contributed by atoms with Crippen LogP contribution in [-0.2, 0) is 7.05 Å². The fraction of sp³-hybridized carbons (Fsp3) is 0.0714. The van der Waals surface area contributed by atoms with Gasteiger partial charge in [-0.05, 0) is 35.9 Å². The number of hydrogen-bond donors (Lipinski definition) is 0. The molecule has 19 heavy (non-hydrogen) atoms. The molecule has 3 aromatic rings. The number of ketones is 1. The van der Waals surface area contributed by atoms with Crippen molar-refractivity contribution in [3.05, 3.63) is 58.1 Å². The van der Waals surface area contributed by atoms with E-state index < -0.39 is 0 Å². The smallest absolute Gasteiger partial charge is 0.230 e. The van der Waals surface area contributed by atoms with Gasteiger partial charge in [0.05, 0.1) is 5.56 Å².